The van der Waals surface area contributed by atoms with Crippen LogP contribution < -0.4 is 0 Å². The topological polar surface area (TPSA) is 69.4 Å². The first-order chi connectivity index (χ1) is 8.93. The van der Waals surface area contributed by atoms with Crippen molar-refractivity contribution < 1.29 is 14.5 Å². The van der Waals surface area contributed by atoms with Crippen LogP contribution in [0.1, 0.15) is 37.0 Å². The number of rotatable bonds is 6. The number of halogens is 1. The Morgan fingerprint density at radius 1 is 1.47 bits per heavy atom. The number of carbonyl (C=O) groups excluding carboxylic acids is 1. The summed E-state index contributed by atoms with van der Waals surface area (Å²) in [5.41, 5.74) is -0.514. The Bertz CT molecular complexity index is 474. The molecule has 0 heterocycles. The second kappa shape index (κ2) is 7.09. The standard InChI is InChI=1S/C13H16ClNO4/c1-9(2)5-4-8-19-13(16)10-6-3-7-11(14)12(10)15(17)18/h3,6-7,9H,4-5,8H2,1-2H3. The Balaban J connectivity index is 2.72. The fourth-order valence-electron chi connectivity index (χ4n) is 1.60. The maximum Gasteiger partial charge on any atom is 0.345 e. The molecule has 19 heavy (non-hydrogen) atoms. The molecule has 5 nitrogen and oxygen atoms in total. The minimum Gasteiger partial charge on any atom is -0.462 e. The number of nitro groups is 1. The molecule has 0 spiro atoms. The van der Waals surface area contributed by atoms with Crippen molar-refractivity contribution in [2.24, 2.45) is 5.92 Å². The average Bonchev–Trinajstić information content (AvgIpc) is 2.33. The number of para-hydroxylation sites is 1. The predicted octanol–water partition coefficient (Wildman–Crippen LogP) is 3.84. The van der Waals surface area contributed by atoms with Crippen molar-refractivity contribution in [3.05, 3.63) is 38.9 Å². The van der Waals surface area contributed by atoms with E-state index in [1.165, 1.54) is 18.2 Å². The van der Waals surface area contributed by atoms with Gasteiger partial charge in [-0.2, -0.15) is 0 Å². The number of carbonyl (C=O) groups is 1. The normalized spacial score (nSPS) is 10.5. The third-order valence-corrected chi connectivity index (χ3v) is 2.85. The molecule has 6 heteroatoms. The highest BCUT2D eigenvalue weighted by Gasteiger charge is 2.24. The van der Waals surface area contributed by atoms with E-state index in [0.717, 1.165) is 12.8 Å². The lowest BCUT2D eigenvalue weighted by Crippen LogP contribution is -2.10. The van der Waals surface area contributed by atoms with Crippen LogP contribution in [-0.2, 0) is 4.74 Å². The molecule has 1 aromatic rings. The molecule has 0 fully saturated rings. The van der Waals surface area contributed by atoms with Gasteiger partial charge in [0.05, 0.1) is 11.5 Å². The Labute approximate surface area is 116 Å². The van der Waals surface area contributed by atoms with Crippen molar-refractivity contribution in [3.63, 3.8) is 0 Å². The molecule has 0 amide bonds. The minimum atomic E-state index is -0.710. The van der Waals surface area contributed by atoms with Crippen molar-refractivity contribution in [2.45, 2.75) is 26.7 Å². The summed E-state index contributed by atoms with van der Waals surface area (Å²) < 4.78 is 5.02. The maximum atomic E-state index is 11.8. The van der Waals surface area contributed by atoms with Crippen LogP contribution in [0.25, 0.3) is 0 Å². The molecule has 104 valence electrons. The summed E-state index contributed by atoms with van der Waals surface area (Å²) in [5, 5.41) is 10.8. The highest BCUT2D eigenvalue weighted by atomic mass is 35.5. The molecule has 0 aliphatic carbocycles. The van der Waals surface area contributed by atoms with Gasteiger partial charge in [-0.15, -0.1) is 0 Å². The van der Waals surface area contributed by atoms with Crippen LogP contribution >= 0.6 is 11.6 Å². The zero-order valence-corrected chi connectivity index (χ0v) is 11.6. The molecule has 0 N–H and O–H groups in total. The molecule has 0 unspecified atom stereocenters. The molecule has 1 aromatic carbocycles. The lowest BCUT2D eigenvalue weighted by molar-refractivity contribution is -0.385. The lowest BCUT2D eigenvalue weighted by Gasteiger charge is -2.07. The van der Waals surface area contributed by atoms with Crippen molar-refractivity contribution >= 4 is 23.3 Å². The van der Waals surface area contributed by atoms with Gasteiger partial charge in [0.2, 0.25) is 0 Å². The van der Waals surface area contributed by atoms with Gasteiger partial charge in [0, 0.05) is 0 Å². The first-order valence-corrected chi connectivity index (χ1v) is 6.41. The van der Waals surface area contributed by atoms with Crippen molar-refractivity contribution in [1.82, 2.24) is 0 Å². The number of nitro benzene ring substituents is 1. The number of hydrogen-bond donors (Lipinski definition) is 0. The molecular formula is C13H16ClNO4. The molecule has 0 aliphatic heterocycles. The first-order valence-electron chi connectivity index (χ1n) is 6.03. The van der Waals surface area contributed by atoms with Crippen molar-refractivity contribution in [2.75, 3.05) is 6.61 Å². The molecule has 0 aromatic heterocycles. The van der Waals surface area contributed by atoms with Crippen LogP contribution in [0.15, 0.2) is 18.2 Å². The van der Waals surface area contributed by atoms with Gasteiger partial charge in [-0.25, -0.2) is 4.79 Å². The largest absolute Gasteiger partial charge is 0.462 e. The molecule has 0 atom stereocenters. The van der Waals surface area contributed by atoms with E-state index in [0.29, 0.717) is 5.92 Å². The summed E-state index contributed by atoms with van der Waals surface area (Å²) in [5.74, 6) is -0.183. The summed E-state index contributed by atoms with van der Waals surface area (Å²) >= 11 is 5.72. The number of esters is 1. The fraction of sp³-hybridized carbons (Fsp3) is 0.462. The Morgan fingerprint density at radius 2 is 2.16 bits per heavy atom. The monoisotopic (exact) mass is 285 g/mol. The van der Waals surface area contributed by atoms with Gasteiger partial charge in [-0.1, -0.05) is 31.5 Å². The zero-order chi connectivity index (χ0) is 14.4. The summed E-state index contributed by atoms with van der Waals surface area (Å²) in [6.45, 7) is 4.40. The van der Waals surface area contributed by atoms with Crippen LogP contribution in [0.5, 0.6) is 0 Å². The summed E-state index contributed by atoms with van der Waals surface area (Å²) in [7, 11) is 0. The van der Waals surface area contributed by atoms with E-state index >= 15 is 0 Å². The van der Waals surface area contributed by atoms with Crippen LogP contribution in [-0.4, -0.2) is 17.5 Å². The van der Waals surface area contributed by atoms with E-state index in [-0.39, 0.29) is 17.2 Å². The van der Waals surface area contributed by atoms with E-state index in [1.807, 2.05) is 0 Å². The van der Waals surface area contributed by atoms with E-state index in [2.05, 4.69) is 13.8 Å². The lowest BCUT2D eigenvalue weighted by atomic mass is 10.1. The van der Waals surface area contributed by atoms with E-state index in [9.17, 15) is 14.9 Å². The first kappa shape index (κ1) is 15.4. The maximum absolute atomic E-state index is 11.8. The number of nitrogens with zero attached hydrogens (tertiary/aromatic N) is 1. The third kappa shape index (κ3) is 4.52. The van der Waals surface area contributed by atoms with Crippen LogP contribution in [0, 0.1) is 16.0 Å². The van der Waals surface area contributed by atoms with E-state index in [4.69, 9.17) is 16.3 Å². The molecule has 0 aliphatic rings. The predicted molar refractivity (Wildman–Crippen MR) is 72.5 cm³/mol. The number of ether oxygens (including phenoxy) is 1. The van der Waals surface area contributed by atoms with Gasteiger partial charge in [-0.05, 0) is 30.9 Å². The molecular weight excluding hydrogens is 270 g/mol. The quantitative estimate of drug-likeness (QED) is 0.344. The van der Waals surface area contributed by atoms with Gasteiger partial charge in [0.25, 0.3) is 0 Å². The van der Waals surface area contributed by atoms with Crippen molar-refractivity contribution in [3.8, 4) is 0 Å². The molecule has 0 bridgehead atoms. The van der Waals surface area contributed by atoms with Crippen LogP contribution in [0.4, 0.5) is 5.69 Å². The van der Waals surface area contributed by atoms with Gasteiger partial charge in [-0.3, -0.25) is 10.1 Å². The average molecular weight is 286 g/mol. The number of benzene rings is 1. The smallest absolute Gasteiger partial charge is 0.345 e. The van der Waals surface area contributed by atoms with Gasteiger partial charge >= 0.3 is 11.7 Å². The highest BCUT2D eigenvalue weighted by molar-refractivity contribution is 6.33. The van der Waals surface area contributed by atoms with Crippen LogP contribution in [0.3, 0.4) is 0 Å². The Kier molecular flexibility index (Phi) is 5.76. The summed E-state index contributed by atoms with van der Waals surface area (Å²) in [4.78, 5) is 22.0. The molecule has 0 saturated carbocycles. The molecule has 1 rings (SSSR count). The van der Waals surface area contributed by atoms with Gasteiger partial charge in [0.15, 0.2) is 0 Å². The minimum absolute atomic E-state index is 0.0679. The van der Waals surface area contributed by atoms with Gasteiger partial charge in [0.1, 0.15) is 10.6 Å². The molecule has 0 radical (unpaired) electrons. The second-order valence-corrected chi connectivity index (χ2v) is 4.97. The third-order valence-electron chi connectivity index (χ3n) is 2.55. The highest BCUT2D eigenvalue weighted by Crippen LogP contribution is 2.28. The molecule has 0 saturated heterocycles. The SMILES string of the molecule is CC(C)CCCOC(=O)c1cccc(Cl)c1[N+](=O)[O-]. The summed E-state index contributed by atoms with van der Waals surface area (Å²) in [6.07, 6.45) is 1.67. The van der Waals surface area contributed by atoms with E-state index in [1.54, 1.807) is 0 Å². The summed E-state index contributed by atoms with van der Waals surface area (Å²) in [6, 6.07) is 4.20. The second-order valence-electron chi connectivity index (χ2n) is 4.57. The Hall–Kier alpha value is -1.62. The zero-order valence-electron chi connectivity index (χ0n) is 10.9. The van der Waals surface area contributed by atoms with Crippen molar-refractivity contribution in [1.29, 1.82) is 0 Å². The number of hydrogen-bond acceptors (Lipinski definition) is 4. The van der Waals surface area contributed by atoms with Crippen LogP contribution in [0.2, 0.25) is 5.02 Å². The fourth-order valence-corrected chi connectivity index (χ4v) is 1.84. The van der Waals surface area contributed by atoms with Gasteiger partial charge < -0.3 is 4.74 Å². The van der Waals surface area contributed by atoms with E-state index < -0.39 is 16.6 Å². The Morgan fingerprint density at radius 3 is 2.74 bits per heavy atom.